The molecule has 13 nitrogen and oxygen atoms in total. The molecule has 0 aliphatic carbocycles. The molecule has 0 radical (unpaired) electrons. The van der Waals surface area contributed by atoms with Crippen LogP contribution in [0, 0.1) is 12.8 Å². The lowest BCUT2D eigenvalue weighted by Gasteiger charge is -2.17. The Morgan fingerprint density at radius 3 is 2.49 bits per heavy atom. The van der Waals surface area contributed by atoms with E-state index in [2.05, 4.69) is 15.1 Å². The molecular formula is C31H32N4O9S. The van der Waals surface area contributed by atoms with Crippen LogP contribution >= 0.6 is 0 Å². The highest BCUT2D eigenvalue weighted by atomic mass is 32.2. The van der Waals surface area contributed by atoms with E-state index in [1.165, 1.54) is 36.9 Å². The van der Waals surface area contributed by atoms with E-state index in [0.29, 0.717) is 34.9 Å². The van der Waals surface area contributed by atoms with Crippen LogP contribution in [0.3, 0.4) is 0 Å². The number of ether oxygens (including phenoxy) is 4. The van der Waals surface area contributed by atoms with E-state index in [1.807, 2.05) is 6.92 Å². The summed E-state index contributed by atoms with van der Waals surface area (Å²) in [6.07, 6.45) is 0.593. The molecule has 0 unspecified atom stereocenters. The summed E-state index contributed by atoms with van der Waals surface area (Å²) in [5, 5.41) is 16.8. The Hall–Kier alpha value is -5.08. The molecule has 236 valence electrons. The van der Waals surface area contributed by atoms with Crippen molar-refractivity contribution in [2.45, 2.75) is 38.6 Å². The van der Waals surface area contributed by atoms with E-state index in [-0.39, 0.29) is 58.6 Å². The van der Waals surface area contributed by atoms with Crippen LogP contribution in [0.2, 0.25) is 0 Å². The number of benzene rings is 3. The highest BCUT2D eigenvalue weighted by Crippen LogP contribution is 2.36. The zero-order chi connectivity index (χ0) is 32.3. The second-order valence-electron chi connectivity index (χ2n) is 10.3. The van der Waals surface area contributed by atoms with Gasteiger partial charge < -0.3 is 29.4 Å². The minimum absolute atomic E-state index is 0.0128. The average molecular weight is 637 g/mol. The van der Waals surface area contributed by atoms with Gasteiger partial charge >= 0.3 is 5.97 Å². The lowest BCUT2D eigenvalue weighted by atomic mass is 10.1. The number of carboxylic acid groups (broad SMARTS) is 1. The molecule has 3 N–H and O–H groups in total. The van der Waals surface area contributed by atoms with Crippen molar-refractivity contribution < 1.29 is 42.1 Å². The summed E-state index contributed by atoms with van der Waals surface area (Å²) in [6, 6.07) is 15.9. The van der Waals surface area contributed by atoms with Gasteiger partial charge in [0.15, 0.2) is 17.2 Å². The first kappa shape index (κ1) is 31.3. The Bertz CT molecular complexity index is 1850. The third kappa shape index (κ3) is 6.71. The number of hydrogen-bond acceptors (Lipinski definition) is 9. The van der Waals surface area contributed by atoms with Crippen LogP contribution in [0.15, 0.2) is 65.6 Å². The quantitative estimate of drug-likeness (QED) is 0.195. The van der Waals surface area contributed by atoms with Crippen LogP contribution in [0.25, 0.3) is 5.69 Å². The van der Waals surface area contributed by atoms with Gasteiger partial charge in [0.25, 0.3) is 0 Å². The van der Waals surface area contributed by atoms with Gasteiger partial charge in [0, 0.05) is 23.7 Å². The van der Waals surface area contributed by atoms with Crippen molar-refractivity contribution in [2.24, 2.45) is 5.92 Å². The van der Waals surface area contributed by atoms with Crippen LogP contribution in [-0.4, -0.2) is 49.1 Å². The molecule has 1 aromatic heterocycles. The summed E-state index contributed by atoms with van der Waals surface area (Å²) < 4.78 is 53.6. The van der Waals surface area contributed by atoms with Crippen molar-refractivity contribution in [3.63, 3.8) is 0 Å². The highest BCUT2D eigenvalue weighted by Gasteiger charge is 2.27. The number of sulfonamides is 1. The van der Waals surface area contributed by atoms with Crippen molar-refractivity contribution in [1.82, 2.24) is 14.5 Å². The maximum atomic E-state index is 13.8. The summed E-state index contributed by atoms with van der Waals surface area (Å²) in [6.45, 7) is 5.14. The molecule has 3 aromatic carbocycles. The summed E-state index contributed by atoms with van der Waals surface area (Å²) in [4.78, 5) is 24.4. The number of fused-ring (bicyclic) bond motifs is 1. The molecule has 4 aromatic rings. The number of nitrogens with one attached hydrogen (secondary N) is 2. The number of carboxylic acids is 1. The largest absolute Gasteiger partial charge is 0.497 e. The van der Waals surface area contributed by atoms with Crippen molar-refractivity contribution >= 4 is 27.6 Å². The molecule has 0 saturated heterocycles. The maximum absolute atomic E-state index is 13.8. The molecule has 1 aliphatic heterocycles. The molecule has 0 fully saturated rings. The van der Waals surface area contributed by atoms with E-state index in [0.717, 1.165) is 0 Å². The van der Waals surface area contributed by atoms with Gasteiger partial charge in [-0.05, 0) is 73.5 Å². The minimum atomic E-state index is -4.28. The third-order valence-corrected chi connectivity index (χ3v) is 8.68. The zero-order valence-corrected chi connectivity index (χ0v) is 25.8. The molecular weight excluding hydrogens is 604 g/mol. The first-order chi connectivity index (χ1) is 21.5. The van der Waals surface area contributed by atoms with Crippen LogP contribution < -0.4 is 29.0 Å². The standard InChI is InChI=1S/C31H32N4O9S/c1-5-18(2)29(36)33-21-7-13-25(27(15-21)45(39,40)32-16-20-6-12-24-26(14-20)43-17-42-24)44-30-19(3)28(31(37)38)34-35(30)22-8-10-23(41-4)11-9-22/h6-15,18,32H,5,16-17H2,1-4H3,(H,33,36)(H,37,38)/t18-/m1/s1. The first-order valence-electron chi connectivity index (χ1n) is 14.0. The molecule has 1 aliphatic rings. The molecule has 0 saturated carbocycles. The van der Waals surface area contributed by atoms with E-state index in [4.69, 9.17) is 18.9 Å². The summed E-state index contributed by atoms with van der Waals surface area (Å²) in [5.74, 6) is -0.367. The molecule has 2 heterocycles. The fourth-order valence-electron chi connectivity index (χ4n) is 4.44. The smallest absolute Gasteiger partial charge is 0.356 e. The molecule has 45 heavy (non-hydrogen) atoms. The van der Waals surface area contributed by atoms with Gasteiger partial charge in [0.1, 0.15) is 16.4 Å². The van der Waals surface area contributed by atoms with Gasteiger partial charge in [-0.1, -0.05) is 19.9 Å². The Kier molecular flexibility index (Phi) is 8.97. The number of methoxy groups -OCH3 is 1. The monoisotopic (exact) mass is 636 g/mol. The fourth-order valence-corrected chi connectivity index (χ4v) is 5.61. The number of anilines is 1. The summed E-state index contributed by atoms with van der Waals surface area (Å²) in [7, 11) is -2.76. The maximum Gasteiger partial charge on any atom is 0.356 e. The number of carbonyl (C=O) groups is 2. The number of amides is 1. The molecule has 1 amide bonds. The van der Waals surface area contributed by atoms with Gasteiger partial charge in [0.2, 0.25) is 28.6 Å². The Balaban J connectivity index is 1.54. The fraction of sp³-hybridized carbons (Fsp3) is 0.258. The molecule has 1 atom stereocenters. The average Bonchev–Trinajstić information content (AvgIpc) is 3.64. The van der Waals surface area contributed by atoms with E-state index < -0.39 is 16.0 Å². The number of nitrogens with zero attached hydrogens (tertiary/aromatic N) is 2. The molecule has 14 heteroatoms. The predicted octanol–water partition coefficient (Wildman–Crippen LogP) is 4.87. The summed E-state index contributed by atoms with van der Waals surface area (Å²) >= 11 is 0. The Labute approximate surface area is 259 Å². The van der Waals surface area contributed by atoms with Crippen LogP contribution in [-0.2, 0) is 21.4 Å². The van der Waals surface area contributed by atoms with Crippen molar-refractivity contribution in [2.75, 3.05) is 19.2 Å². The van der Waals surface area contributed by atoms with Crippen molar-refractivity contribution in [1.29, 1.82) is 0 Å². The third-order valence-electron chi connectivity index (χ3n) is 7.26. The van der Waals surface area contributed by atoms with Crippen LogP contribution in [0.5, 0.6) is 28.9 Å². The van der Waals surface area contributed by atoms with Crippen LogP contribution in [0.1, 0.15) is 41.9 Å². The highest BCUT2D eigenvalue weighted by molar-refractivity contribution is 7.89. The van der Waals surface area contributed by atoms with Gasteiger partial charge in [-0.25, -0.2) is 17.9 Å². The zero-order valence-electron chi connectivity index (χ0n) is 25.0. The lowest BCUT2D eigenvalue weighted by Crippen LogP contribution is -2.24. The van der Waals surface area contributed by atoms with Crippen molar-refractivity contribution in [3.8, 4) is 34.6 Å². The number of rotatable bonds is 12. The van der Waals surface area contributed by atoms with Crippen LogP contribution in [0.4, 0.5) is 5.69 Å². The minimum Gasteiger partial charge on any atom is -0.497 e. The second kappa shape index (κ2) is 12.9. The Morgan fingerprint density at radius 1 is 1.07 bits per heavy atom. The molecule has 5 rings (SSSR count). The second-order valence-corrected chi connectivity index (χ2v) is 12.0. The summed E-state index contributed by atoms with van der Waals surface area (Å²) in [5.41, 5.74) is 1.20. The van der Waals surface area contributed by atoms with Gasteiger partial charge in [-0.2, -0.15) is 9.78 Å². The molecule has 0 spiro atoms. The number of carbonyl (C=O) groups excluding carboxylic acids is 1. The lowest BCUT2D eigenvalue weighted by molar-refractivity contribution is -0.119. The van der Waals surface area contributed by atoms with Crippen molar-refractivity contribution in [3.05, 3.63) is 77.5 Å². The van der Waals surface area contributed by atoms with E-state index in [9.17, 15) is 23.1 Å². The van der Waals surface area contributed by atoms with Gasteiger partial charge in [-0.3, -0.25) is 4.79 Å². The number of aromatic nitrogens is 2. The topological polar surface area (TPSA) is 167 Å². The van der Waals surface area contributed by atoms with Gasteiger partial charge in [-0.15, -0.1) is 0 Å². The first-order valence-corrected chi connectivity index (χ1v) is 15.5. The molecule has 0 bridgehead atoms. The van der Waals surface area contributed by atoms with E-state index in [1.54, 1.807) is 49.4 Å². The normalized spacial score (nSPS) is 12.9. The number of aromatic carboxylic acids is 1. The Morgan fingerprint density at radius 2 is 1.80 bits per heavy atom. The van der Waals surface area contributed by atoms with Gasteiger partial charge in [0.05, 0.1) is 12.8 Å². The predicted molar refractivity (Wildman–Crippen MR) is 163 cm³/mol. The SMILES string of the molecule is CC[C@@H](C)C(=O)Nc1ccc(Oc2c(C)c(C(=O)O)nn2-c2ccc(OC)cc2)c(S(=O)(=O)NCc2ccc3c(c2)OCO3)c1. The number of hydrogen-bond donors (Lipinski definition) is 3. The van der Waals surface area contributed by atoms with E-state index >= 15 is 0 Å².